The maximum absolute atomic E-state index is 5.56. The number of aromatic amines is 1. The zero-order valence-electron chi connectivity index (χ0n) is 14.8. The zero-order valence-corrected chi connectivity index (χ0v) is 14.8. The van der Waals surface area contributed by atoms with E-state index < -0.39 is 0 Å². The van der Waals surface area contributed by atoms with Crippen LogP contribution in [-0.2, 0) is 13.0 Å². The van der Waals surface area contributed by atoms with Crippen molar-refractivity contribution in [3.63, 3.8) is 0 Å². The highest BCUT2D eigenvalue weighted by Gasteiger charge is 2.32. The second-order valence-corrected chi connectivity index (χ2v) is 6.17. The van der Waals surface area contributed by atoms with Crippen LogP contribution < -0.4 is 9.47 Å². The molecule has 0 amide bonds. The summed E-state index contributed by atoms with van der Waals surface area (Å²) in [6, 6.07) is 5.88. The Bertz CT molecular complexity index is 881. The molecule has 0 fully saturated rings. The van der Waals surface area contributed by atoms with Crippen LogP contribution in [0.15, 0.2) is 43.1 Å². The fourth-order valence-electron chi connectivity index (χ4n) is 3.56. The molecule has 4 heterocycles. The highest BCUT2D eigenvalue weighted by atomic mass is 16.5. The van der Waals surface area contributed by atoms with Crippen molar-refractivity contribution >= 4 is 0 Å². The van der Waals surface area contributed by atoms with E-state index in [9.17, 15) is 0 Å². The molecule has 0 radical (unpaired) electrons. The van der Waals surface area contributed by atoms with E-state index in [-0.39, 0.29) is 6.04 Å². The summed E-state index contributed by atoms with van der Waals surface area (Å²) in [6.45, 7) is 1.52. The first-order valence-corrected chi connectivity index (χ1v) is 8.53. The van der Waals surface area contributed by atoms with Crippen molar-refractivity contribution in [1.29, 1.82) is 0 Å². The second-order valence-electron chi connectivity index (χ2n) is 6.17. The number of hydrogen-bond acceptors (Lipinski definition) is 6. The molecular weight excluding hydrogens is 330 g/mol. The average molecular weight is 351 g/mol. The van der Waals surface area contributed by atoms with Gasteiger partial charge in [0.15, 0.2) is 11.5 Å². The van der Waals surface area contributed by atoms with E-state index in [1.54, 1.807) is 32.9 Å². The lowest BCUT2D eigenvalue weighted by atomic mass is 9.96. The first kappa shape index (κ1) is 16.5. The van der Waals surface area contributed by atoms with E-state index in [1.165, 1.54) is 5.69 Å². The molecule has 3 aromatic rings. The van der Waals surface area contributed by atoms with E-state index in [0.717, 1.165) is 29.9 Å². The number of nitrogens with one attached hydrogen (secondary N) is 1. The van der Waals surface area contributed by atoms with Gasteiger partial charge in [0.25, 0.3) is 0 Å². The van der Waals surface area contributed by atoms with Gasteiger partial charge in [0.05, 0.1) is 32.3 Å². The summed E-state index contributed by atoms with van der Waals surface area (Å²) in [4.78, 5) is 19.0. The summed E-state index contributed by atoms with van der Waals surface area (Å²) >= 11 is 0. The van der Waals surface area contributed by atoms with Crippen LogP contribution in [-0.4, -0.2) is 45.6 Å². The third kappa shape index (κ3) is 2.90. The van der Waals surface area contributed by atoms with Crippen molar-refractivity contribution in [1.82, 2.24) is 24.8 Å². The topological polar surface area (TPSA) is 76.2 Å². The minimum absolute atomic E-state index is 0.0245. The zero-order chi connectivity index (χ0) is 17.9. The van der Waals surface area contributed by atoms with Crippen molar-refractivity contribution < 1.29 is 9.47 Å². The molecule has 4 rings (SSSR count). The van der Waals surface area contributed by atoms with Crippen LogP contribution in [0.5, 0.6) is 11.5 Å². The van der Waals surface area contributed by atoms with E-state index in [1.807, 2.05) is 18.3 Å². The summed E-state index contributed by atoms with van der Waals surface area (Å²) in [6.07, 6.45) is 8.12. The molecule has 0 aliphatic carbocycles. The number of ether oxygens (including phenoxy) is 2. The number of fused-ring (bicyclic) bond motifs is 1. The van der Waals surface area contributed by atoms with Crippen LogP contribution in [0.1, 0.15) is 28.7 Å². The highest BCUT2D eigenvalue weighted by Crippen LogP contribution is 2.36. The molecular formula is C19H21N5O2. The lowest BCUT2D eigenvalue weighted by molar-refractivity contribution is 0.194. The smallest absolute Gasteiger partial charge is 0.183 e. The van der Waals surface area contributed by atoms with Gasteiger partial charge in [-0.05, 0) is 11.6 Å². The minimum atomic E-state index is 0.0245. The molecule has 0 saturated heterocycles. The van der Waals surface area contributed by atoms with Crippen molar-refractivity contribution in [3.8, 4) is 11.5 Å². The molecule has 7 heteroatoms. The third-order valence-electron chi connectivity index (χ3n) is 4.74. The van der Waals surface area contributed by atoms with Crippen molar-refractivity contribution in [2.45, 2.75) is 19.0 Å². The number of nitrogens with zero attached hydrogens (tertiary/aromatic N) is 4. The molecule has 0 bridgehead atoms. The summed E-state index contributed by atoms with van der Waals surface area (Å²) in [5.74, 6) is 1.36. The number of hydrogen-bond donors (Lipinski definition) is 1. The number of rotatable bonds is 5. The van der Waals surface area contributed by atoms with Gasteiger partial charge in [-0.3, -0.25) is 14.9 Å². The van der Waals surface area contributed by atoms with Crippen molar-refractivity contribution in [3.05, 3.63) is 65.8 Å². The Morgan fingerprint density at radius 2 is 2.12 bits per heavy atom. The fourth-order valence-corrected chi connectivity index (χ4v) is 3.56. The fraction of sp³-hybridized carbons (Fsp3) is 0.316. The van der Waals surface area contributed by atoms with Gasteiger partial charge in [0.1, 0.15) is 5.69 Å². The van der Waals surface area contributed by atoms with Gasteiger partial charge in [-0.2, -0.15) is 0 Å². The van der Waals surface area contributed by atoms with Gasteiger partial charge in [-0.25, -0.2) is 4.98 Å². The molecule has 0 spiro atoms. The normalized spacial score (nSPS) is 16.9. The quantitative estimate of drug-likeness (QED) is 0.760. The van der Waals surface area contributed by atoms with Crippen molar-refractivity contribution in [2.75, 3.05) is 20.8 Å². The minimum Gasteiger partial charge on any atom is -0.493 e. The molecule has 3 aromatic heterocycles. The molecule has 1 unspecified atom stereocenters. The molecule has 0 saturated carbocycles. The van der Waals surface area contributed by atoms with Gasteiger partial charge in [-0.1, -0.05) is 6.07 Å². The maximum Gasteiger partial charge on any atom is 0.183 e. The highest BCUT2D eigenvalue weighted by molar-refractivity contribution is 5.43. The summed E-state index contributed by atoms with van der Waals surface area (Å²) in [7, 11) is 3.28. The second kappa shape index (κ2) is 7.13. The van der Waals surface area contributed by atoms with Crippen molar-refractivity contribution in [2.24, 2.45) is 0 Å². The van der Waals surface area contributed by atoms with Crippen LogP contribution in [0.4, 0.5) is 0 Å². The molecule has 7 nitrogen and oxygen atoms in total. The van der Waals surface area contributed by atoms with Gasteiger partial charge >= 0.3 is 0 Å². The van der Waals surface area contributed by atoms with Gasteiger partial charge in [0.2, 0.25) is 0 Å². The lowest BCUT2D eigenvalue weighted by Crippen LogP contribution is -2.36. The molecule has 0 aromatic carbocycles. The first-order valence-electron chi connectivity index (χ1n) is 8.53. The first-order chi connectivity index (χ1) is 12.8. The standard InChI is InChI=1S/C19H21N5O2/c1-25-16-5-8-21-15(19(16)26-2)11-24-9-6-14-17(23-12-22-14)18(24)13-4-3-7-20-10-13/h3-5,7-8,10,12,18H,6,9,11H2,1-2H3,(H,22,23). The molecule has 26 heavy (non-hydrogen) atoms. The number of H-pyrrole nitrogens is 1. The molecule has 1 aliphatic heterocycles. The molecule has 1 N–H and O–H groups in total. The van der Waals surface area contributed by atoms with Crippen LogP contribution >= 0.6 is 0 Å². The summed E-state index contributed by atoms with van der Waals surface area (Å²) < 4.78 is 11.0. The lowest BCUT2D eigenvalue weighted by Gasteiger charge is -2.35. The maximum atomic E-state index is 5.56. The van der Waals surface area contributed by atoms with E-state index in [4.69, 9.17) is 9.47 Å². The van der Waals surface area contributed by atoms with Crippen LogP contribution in [0.2, 0.25) is 0 Å². The van der Waals surface area contributed by atoms with E-state index in [0.29, 0.717) is 18.0 Å². The number of aromatic nitrogens is 4. The number of imidazole rings is 1. The molecule has 134 valence electrons. The predicted molar refractivity (Wildman–Crippen MR) is 96.1 cm³/mol. The SMILES string of the molecule is COc1ccnc(CN2CCc3[nH]cnc3C2c2cccnc2)c1OC. The summed E-state index contributed by atoms with van der Waals surface area (Å²) in [5, 5.41) is 0. The Labute approximate surface area is 152 Å². The van der Waals surface area contributed by atoms with E-state index in [2.05, 4.69) is 30.9 Å². The Morgan fingerprint density at radius 3 is 2.88 bits per heavy atom. The van der Waals surface area contributed by atoms with Crippen LogP contribution in [0, 0.1) is 0 Å². The number of methoxy groups -OCH3 is 2. The Balaban J connectivity index is 1.72. The molecule has 1 atom stereocenters. The Hall–Kier alpha value is -2.93. The Kier molecular flexibility index (Phi) is 4.53. The monoisotopic (exact) mass is 351 g/mol. The third-order valence-corrected chi connectivity index (χ3v) is 4.74. The van der Waals surface area contributed by atoms with Gasteiger partial charge in [0, 0.05) is 49.9 Å². The summed E-state index contributed by atoms with van der Waals surface area (Å²) in [5.41, 5.74) is 4.19. The molecule has 1 aliphatic rings. The van der Waals surface area contributed by atoms with Crippen LogP contribution in [0.3, 0.4) is 0 Å². The van der Waals surface area contributed by atoms with Gasteiger partial charge < -0.3 is 14.5 Å². The van der Waals surface area contributed by atoms with Gasteiger partial charge in [-0.15, -0.1) is 0 Å². The Morgan fingerprint density at radius 1 is 1.19 bits per heavy atom. The van der Waals surface area contributed by atoms with Crippen LogP contribution in [0.25, 0.3) is 0 Å². The largest absolute Gasteiger partial charge is 0.493 e. The average Bonchev–Trinajstić information content (AvgIpc) is 3.17. The van der Waals surface area contributed by atoms with E-state index >= 15 is 0 Å². The number of pyridine rings is 2. The predicted octanol–water partition coefficient (Wildman–Crippen LogP) is 2.36.